The van der Waals surface area contributed by atoms with Gasteiger partial charge in [-0.15, -0.1) is 0 Å². The van der Waals surface area contributed by atoms with Gasteiger partial charge in [0.1, 0.15) is 23.2 Å². The van der Waals surface area contributed by atoms with Crippen LogP contribution in [0.25, 0.3) is 10.9 Å². The summed E-state index contributed by atoms with van der Waals surface area (Å²) in [6, 6.07) is 13.0. The molecule has 0 aliphatic heterocycles. The first-order chi connectivity index (χ1) is 13.5. The summed E-state index contributed by atoms with van der Waals surface area (Å²) in [5.41, 5.74) is 3.27. The number of methoxy groups -OCH3 is 1. The number of H-pyrrole nitrogens is 1. The van der Waals surface area contributed by atoms with Crippen molar-refractivity contribution in [3.63, 3.8) is 0 Å². The van der Waals surface area contributed by atoms with E-state index < -0.39 is 0 Å². The number of aryl methyl sites for hydroxylation is 2. The second kappa shape index (κ2) is 7.26. The van der Waals surface area contributed by atoms with Crippen molar-refractivity contribution < 1.29 is 13.9 Å². The fraction of sp³-hybridized carbons (Fsp3) is 0.238. The number of amides is 1. The SMILES string of the molecule is COc1ccc2cc(C(=O)NCC(c3ccco3)n3nc(C)cc3C)[nH]c2c1. The Kier molecular flexibility index (Phi) is 4.65. The molecule has 7 nitrogen and oxygen atoms in total. The number of fused-ring (bicyclic) bond motifs is 1. The number of hydrogen-bond donors (Lipinski definition) is 2. The Bertz CT molecular complexity index is 1110. The van der Waals surface area contributed by atoms with Crippen LogP contribution in [0.5, 0.6) is 5.75 Å². The van der Waals surface area contributed by atoms with Gasteiger partial charge in [-0.3, -0.25) is 9.48 Å². The summed E-state index contributed by atoms with van der Waals surface area (Å²) in [5.74, 6) is 1.30. The van der Waals surface area contributed by atoms with Crippen molar-refractivity contribution in [1.82, 2.24) is 20.1 Å². The molecule has 0 bridgehead atoms. The van der Waals surface area contributed by atoms with Crippen LogP contribution in [-0.4, -0.2) is 34.3 Å². The van der Waals surface area contributed by atoms with Gasteiger partial charge in [-0.1, -0.05) is 0 Å². The highest BCUT2D eigenvalue weighted by molar-refractivity contribution is 5.98. The van der Waals surface area contributed by atoms with E-state index in [1.807, 2.05) is 61.0 Å². The van der Waals surface area contributed by atoms with E-state index in [0.717, 1.165) is 33.8 Å². The number of rotatable bonds is 6. The molecule has 144 valence electrons. The number of aromatic nitrogens is 3. The third-order valence-corrected chi connectivity index (χ3v) is 4.74. The Morgan fingerprint density at radius 2 is 2.14 bits per heavy atom. The maximum absolute atomic E-state index is 12.7. The molecular weight excluding hydrogens is 356 g/mol. The molecule has 4 aromatic rings. The Morgan fingerprint density at radius 1 is 1.29 bits per heavy atom. The van der Waals surface area contributed by atoms with E-state index in [1.54, 1.807) is 13.4 Å². The highest BCUT2D eigenvalue weighted by Gasteiger charge is 2.21. The molecule has 28 heavy (non-hydrogen) atoms. The predicted octanol–water partition coefficient (Wildman–Crippen LogP) is 3.60. The molecule has 0 spiro atoms. The Labute approximate surface area is 162 Å². The van der Waals surface area contributed by atoms with E-state index in [0.29, 0.717) is 12.2 Å². The zero-order valence-electron chi connectivity index (χ0n) is 16.0. The Hall–Kier alpha value is -3.48. The van der Waals surface area contributed by atoms with E-state index in [9.17, 15) is 4.79 Å². The summed E-state index contributed by atoms with van der Waals surface area (Å²) in [7, 11) is 1.62. The van der Waals surface area contributed by atoms with Crippen molar-refractivity contribution in [1.29, 1.82) is 0 Å². The molecule has 0 saturated carbocycles. The molecule has 4 rings (SSSR count). The quantitative estimate of drug-likeness (QED) is 0.537. The van der Waals surface area contributed by atoms with Crippen molar-refractivity contribution >= 4 is 16.8 Å². The lowest BCUT2D eigenvalue weighted by molar-refractivity contribution is 0.0943. The number of aromatic amines is 1. The number of furan rings is 1. The molecule has 0 saturated heterocycles. The smallest absolute Gasteiger partial charge is 0.267 e. The first-order valence-corrected chi connectivity index (χ1v) is 9.06. The lowest BCUT2D eigenvalue weighted by Gasteiger charge is -2.17. The topological polar surface area (TPSA) is 85.1 Å². The minimum absolute atomic E-state index is 0.187. The van der Waals surface area contributed by atoms with Gasteiger partial charge in [0.2, 0.25) is 0 Å². The average molecular weight is 378 g/mol. The second-order valence-corrected chi connectivity index (χ2v) is 6.75. The zero-order valence-corrected chi connectivity index (χ0v) is 16.0. The van der Waals surface area contributed by atoms with Gasteiger partial charge >= 0.3 is 0 Å². The molecule has 3 heterocycles. The minimum atomic E-state index is -0.225. The molecule has 0 fully saturated rings. The number of nitrogens with zero attached hydrogens (tertiary/aromatic N) is 2. The molecule has 1 aromatic carbocycles. The van der Waals surface area contributed by atoms with Crippen molar-refractivity contribution in [2.24, 2.45) is 0 Å². The summed E-state index contributed by atoms with van der Waals surface area (Å²) >= 11 is 0. The molecule has 0 aliphatic carbocycles. The number of ether oxygens (including phenoxy) is 1. The molecule has 1 amide bonds. The van der Waals surface area contributed by atoms with Crippen LogP contribution in [-0.2, 0) is 0 Å². The van der Waals surface area contributed by atoms with Gasteiger partial charge in [-0.05, 0) is 50.2 Å². The maximum Gasteiger partial charge on any atom is 0.267 e. The van der Waals surface area contributed by atoms with E-state index in [1.165, 1.54) is 0 Å². The van der Waals surface area contributed by atoms with Gasteiger partial charge in [0.25, 0.3) is 5.91 Å². The van der Waals surface area contributed by atoms with Gasteiger partial charge in [0, 0.05) is 29.2 Å². The second-order valence-electron chi connectivity index (χ2n) is 6.75. The third-order valence-electron chi connectivity index (χ3n) is 4.74. The largest absolute Gasteiger partial charge is 0.497 e. The maximum atomic E-state index is 12.7. The highest BCUT2D eigenvalue weighted by Crippen LogP contribution is 2.22. The first-order valence-electron chi connectivity index (χ1n) is 9.06. The molecule has 0 aliphatic rings. The summed E-state index contributed by atoms with van der Waals surface area (Å²) < 4.78 is 12.7. The van der Waals surface area contributed by atoms with Crippen molar-refractivity contribution in [3.05, 3.63) is 71.6 Å². The van der Waals surface area contributed by atoms with E-state index in [-0.39, 0.29) is 11.9 Å². The summed E-state index contributed by atoms with van der Waals surface area (Å²) in [6.45, 7) is 4.29. The lowest BCUT2D eigenvalue weighted by atomic mass is 10.2. The Balaban J connectivity index is 1.55. The van der Waals surface area contributed by atoms with Crippen molar-refractivity contribution in [2.45, 2.75) is 19.9 Å². The van der Waals surface area contributed by atoms with Crippen LogP contribution < -0.4 is 10.1 Å². The molecule has 1 atom stereocenters. The van der Waals surface area contributed by atoms with Gasteiger partial charge in [-0.25, -0.2) is 0 Å². The number of carbonyl (C=O) groups excluding carboxylic acids is 1. The first kappa shape index (κ1) is 17.9. The monoisotopic (exact) mass is 378 g/mol. The van der Waals surface area contributed by atoms with E-state index >= 15 is 0 Å². The number of nitrogens with one attached hydrogen (secondary N) is 2. The molecule has 1 unspecified atom stereocenters. The van der Waals surface area contributed by atoms with Gasteiger partial charge < -0.3 is 19.5 Å². The summed E-state index contributed by atoms with van der Waals surface area (Å²) in [6.07, 6.45) is 1.63. The normalized spacial score (nSPS) is 12.2. The number of carbonyl (C=O) groups is 1. The van der Waals surface area contributed by atoms with Crippen LogP contribution in [0.1, 0.15) is 33.7 Å². The predicted molar refractivity (Wildman–Crippen MR) is 106 cm³/mol. The Morgan fingerprint density at radius 3 is 2.82 bits per heavy atom. The van der Waals surface area contributed by atoms with Crippen LogP contribution in [0.4, 0.5) is 0 Å². The minimum Gasteiger partial charge on any atom is -0.497 e. The van der Waals surface area contributed by atoms with Crippen LogP contribution >= 0.6 is 0 Å². The lowest BCUT2D eigenvalue weighted by Crippen LogP contribution is -2.32. The summed E-state index contributed by atoms with van der Waals surface area (Å²) in [4.78, 5) is 15.9. The van der Waals surface area contributed by atoms with Crippen molar-refractivity contribution in [3.8, 4) is 5.75 Å². The molecule has 2 N–H and O–H groups in total. The average Bonchev–Trinajstić information content (AvgIpc) is 3.41. The molecule has 0 radical (unpaired) electrons. The zero-order chi connectivity index (χ0) is 19.7. The number of hydrogen-bond acceptors (Lipinski definition) is 4. The third kappa shape index (κ3) is 3.38. The van der Waals surface area contributed by atoms with E-state index in [2.05, 4.69) is 15.4 Å². The van der Waals surface area contributed by atoms with Gasteiger partial charge in [-0.2, -0.15) is 5.10 Å². The number of benzene rings is 1. The van der Waals surface area contributed by atoms with Gasteiger partial charge in [0.15, 0.2) is 0 Å². The van der Waals surface area contributed by atoms with Gasteiger partial charge in [0.05, 0.1) is 19.1 Å². The highest BCUT2D eigenvalue weighted by atomic mass is 16.5. The fourth-order valence-corrected chi connectivity index (χ4v) is 3.39. The molecule has 7 heteroatoms. The van der Waals surface area contributed by atoms with Crippen LogP contribution in [0, 0.1) is 13.8 Å². The molecule has 3 aromatic heterocycles. The van der Waals surface area contributed by atoms with Crippen LogP contribution in [0.2, 0.25) is 0 Å². The van der Waals surface area contributed by atoms with Crippen LogP contribution in [0.15, 0.2) is 53.1 Å². The fourth-order valence-electron chi connectivity index (χ4n) is 3.39. The molecular formula is C21H22N4O3. The standard InChI is InChI=1S/C21H22N4O3/c1-13-9-14(2)25(24-13)19(20-5-4-8-28-20)12-22-21(26)18-10-15-6-7-16(27-3)11-17(15)23-18/h4-11,19,23H,12H2,1-3H3,(H,22,26). The van der Waals surface area contributed by atoms with Crippen LogP contribution in [0.3, 0.4) is 0 Å². The summed E-state index contributed by atoms with van der Waals surface area (Å²) in [5, 5.41) is 8.50. The van der Waals surface area contributed by atoms with E-state index in [4.69, 9.17) is 9.15 Å². The van der Waals surface area contributed by atoms with Crippen molar-refractivity contribution in [2.75, 3.05) is 13.7 Å².